The van der Waals surface area contributed by atoms with E-state index in [4.69, 9.17) is 23.2 Å². The van der Waals surface area contributed by atoms with Gasteiger partial charge in [-0.1, -0.05) is 35.3 Å². The Bertz CT molecular complexity index is 1270. The molecule has 0 saturated heterocycles. The van der Waals surface area contributed by atoms with E-state index in [0.29, 0.717) is 16.1 Å². The fourth-order valence-electron chi connectivity index (χ4n) is 3.40. The highest BCUT2D eigenvalue weighted by atomic mass is 35.5. The fraction of sp³-hybridized carbons (Fsp3) is 0.391. The van der Waals surface area contributed by atoms with Crippen molar-refractivity contribution < 1.29 is 22.9 Å². The van der Waals surface area contributed by atoms with E-state index in [2.05, 4.69) is 5.32 Å². The number of nitrogens with zero attached hydrogens (tertiary/aromatic N) is 3. The molecule has 2 aromatic carbocycles. The summed E-state index contributed by atoms with van der Waals surface area (Å²) in [5.74, 6) is -1.15. The van der Waals surface area contributed by atoms with Crippen molar-refractivity contribution in [2.75, 3.05) is 17.1 Å². The second-order valence-electron chi connectivity index (χ2n) is 8.59. The summed E-state index contributed by atoms with van der Waals surface area (Å²) >= 11 is 12.3. The van der Waals surface area contributed by atoms with Crippen LogP contribution in [0.3, 0.4) is 0 Å². The summed E-state index contributed by atoms with van der Waals surface area (Å²) in [5.41, 5.74) is 0.572. The standard InChI is InChI=1S/C23H28Cl2N4O6S/c1-14(2)26-23(31)16(4)27(12-17-7-8-18(24)10-20(17)25)22(30)13-28(36(5,34)35)21-11-19(29(32)33)9-6-15(21)3/h6-11,14,16H,12-13H2,1-5H3,(H,26,31)/t16-/m0/s1. The summed E-state index contributed by atoms with van der Waals surface area (Å²) in [6.45, 7) is 5.83. The number of amides is 2. The number of benzene rings is 2. The first kappa shape index (κ1) is 29.3. The maximum atomic E-state index is 13.6. The minimum atomic E-state index is -4.04. The molecule has 0 aromatic heterocycles. The van der Waals surface area contributed by atoms with Gasteiger partial charge in [0.15, 0.2) is 0 Å². The molecular weight excluding hydrogens is 531 g/mol. The molecule has 1 atom stereocenters. The van der Waals surface area contributed by atoms with Crippen LogP contribution in [0, 0.1) is 17.0 Å². The van der Waals surface area contributed by atoms with Crippen molar-refractivity contribution in [1.29, 1.82) is 0 Å². The number of carbonyl (C=O) groups is 2. The summed E-state index contributed by atoms with van der Waals surface area (Å²) < 4.78 is 26.2. The summed E-state index contributed by atoms with van der Waals surface area (Å²) in [5, 5.41) is 14.7. The highest BCUT2D eigenvalue weighted by Gasteiger charge is 2.31. The Balaban J connectivity index is 2.52. The minimum absolute atomic E-state index is 0.0104. The van der Waals surface area contributed by atoms with Crippen molar-refractivity contribution in [3.63, 3.8) is 0 Å². The zero-order valence-electron chi connectivity index (χ0n) is 20.5. The Morgan fingerprint density at radius 1 is 1.11 bits per heavy atom. The number of aryl methyl sites for hydroxylation is 1. The van der Waals surface area contributed by atoms with Crippen LogP contribution in [0.1, 0.15) is 31.9 Å². The molecule has 0 bridgehead atoms. The smallest absolute Gasteiger partial charge is 0.271 e. The van der Waals surface area contributed by atoms with Gasteiger partial charge in [-0.05, 0) is 51.0 Å². The van der Waals surface area contributed by atoms with Gasteiger partial charge in [-0.2, -0.15) is 0 Å². The van der Waals surface area contributed by atoms with Crippen molar-refractivity contribution in [2.24, 2.45) is 0 Å². The van der Waals surface area contributed by atoms with E-state index < -0.39 is 39.3 Å². The summed E-state index contributed by atoms with van der Waals surface area (Å²) in [7, 11) is -4.04. The summed E-state index contributed by atoms with van der Waals surface area (Å²) in [6, 6.07) is 7.24. The topological polar surface area (TPSA) is 130 Å². The maximum absolute atomic E-state index is 13.6. The van der Waals surface area contributed by atoms with Crippen LogP contribution < -0.4 is 9.62 Å². The fourth-order valence-corrected chi connectivity index (χ4v) is 4.76. The van der Waals surface area contributed by atoms with Gasteiger partial charge >= 0.3 is 0 Å². The SMILES string of the molecule is Cc1ccc([N+](=O)[O-])cc1N(CC(=O)N(Cc1ccc(Cl)cc1Cl)[C@@H](C)C(=O)NC(C)C)S(C)(=O)=O. The first-order valence-electron chi connectivity index (χ1n) is 10.9. The average molecular weight is 559 g/mol. The van der Waals surface area contributed by atoms with Crippen molar-refractivity contribution in [3.05, 3.63) is 67.7 Å². The monoisotopic (exact) mass is 558 g/mol. The van der Waals surface area contributed by atoms with E-state index in [1.165, 1.54) is 30.0 Å². The average Bonchev–Trinajstić information content (AvgIpc) is 2.75. The Labute approximate surface area is 220 Å². The number of halogens is 2. The molecule has 2 rings (SSSR count). The first-order valence-corrected chi connectivity index (χ1v) is 13.5. The second kappa shape index (κ2) is 11.9. The highest BCUT2D eigenvalue weighted by molar-refractivity contribution is 7.92. The lowest BCUT2D eigenvalue weighted by atomic mass is 10.1. The van der Waals surface area contributed by atoms with Crippen molar-refractivity contribution in [3.8, 4) is 0 Å². The van der Waals surface area contributed by atoms with Crippen LogP contribution in [-0.2, 0) is 26.2 Å². The molecule has 0 radical (unpaired) electrons. The predicted octanol–water partition coefficient (Wildman–Crippen LogP) is 3.92. The van der Waals surface area contributed by atoms with Gasteiger partial charge in [0.25, 0.3) is 5.69 Å². The van der Waals surface area contributed by atoms with Crippen molar-refractivity contribution in [1.82, 2.24) is 10.2 Å². The number of sulfonamides is 1. The molecule has 36 heavy (non-hydrogen) atoms. The lowest BCUT2D eigenvalue weighted by Gasteiger charge is -2.32. The molecule has 1 N–H and O–H groups in total. The van der Waals surface area contributed by atoms with Crippen LogP contribution in [0.25, 0.3) is 0 Å². The van der Waals surface area contributed by atoms with Gasteiger partial charge in [-0.15, -0.1) is 0 Å². The number of hydrogen-bond donors (Lipinski definition) is 1. The molecule has 0 aliphatic rings. The van der Waals surface area contributed by atoms with E-state index in [0.717, 1.165) is 16.6 Å². The quantitative estimate of drug-likeness (QED) is 0.347. The third-order valence-corrected chi connectivity index (χ3v) is 7.02. The molecule has 0 unspecified atom stereocenters. The molecule has 2 aromatic rings. The minimum Gasteiger partial charge on any atom is -0.352 e. The number of anilines is 1. The lowest BCUT2D eigenvalue weighted by Crippen LogP contribution is -2.52. The van der Waals surface area contributed by atoms with Crippen LogP contribution >= 0.6 is 23.2 Å². The van der Waals surface area contributed by atoms with Crippen LogP contribution in [0.4, 0.5) is 11.4 Å². The Morgan fingerprint density at radius 3 is 2.28 bits per heavy atom. The Kier molecular flexibility index (Phi) is 9.70. The first-order chi connectivity index (χ1) is 16.6. The number of rotatable bonds is 10. The number of carbonyl (C=O) groups excluding carboxylic acids is 2. The number of nitrogens with one attached hydrogen (secondary N) is 1. The van der Waals surface area contributed by atoms with Gasteiger partial charge in [0.1, 0.15) is 12.6 Å². The lowest BCUT2D eigenvalue weighted by molar-refractivity contribution is -0.384. The third-order valence-electron chi connectivity index (χ3n) is 5.31. The maximum Gasteiger partial charge on any atom is 0.271 e. The normalized spacial score (nSPS) is 12.2. The second-order valence-corrected chi connectivity index (χ2v) is 11.3. The van der Waals surface area contributed by atoms with Crippen LogP contribution in [0.15, 0.2) is 36.4 Å². The number of hydrogen-bond acceptors (Lipinski definition) is 6. The zero-order chi connectivity index (χ0) is 27.4. The molecule has 0 saturated carbocycles. The Hall–Kier alpha value is -2.89. The third kappa shape index (κ3) is 7.55. The molecule has 0 aliphatic heterocycles. The van der Waals surface area contributed by atoms with Crippen molar-refractivity contribution in [2.45, 2.75) is 46.3 Å². The van der Waals surface area contributed by atoms with E-state index in [1.807, 2.05) is 0 Å². The molecule has 196 valence electrons. The Morgan fingerprint density at radius 2 is 1.75 bits per heavy atom. The summed E-state index contributed by atoms with van der Waals surface area (Å²) in [6.07, 6.45) is 0.897. The molecular formula is C23H28Cl2N4O6S. The molecule has 2 amide bonds. The number of nitro groups is 1. The van der Waals surface area contributed by atoms with Gasteiger partial charge in [0.05, 0.1) is 16.9 Å². The van der Waals surface area contributed by atoms with E-state index in [1.54, 1.807) is 32.9 Å². The largest absolute Gasteiger partial charge is 0.352 e. The zero-order valence-corrected chi connectivity index (χ0v) is 22.8. The van der Waals surface area contributed by atoms with Crippen LogP contribution in [0.5, 0.6) is 0 Å². The van der Waals surface area contributed by atoms with Gasteiger partial charge in [-0.3, -0.25) is 24.0 Å². The van der Waals surface area contributed by atoms with Gasteiger partial charge in [0.2, 0.25) is 21.8 Å². The van der Waals surface area contributed by atoms with Crippen LogP contribution in [0.2, 0.25) is 10.0 Å². The van der Waals surface area contributed by atoms with E-state index in [9.17, 15) is 28.1 Å². The van der Waals surface area contributed by atoms with Gasteiger partial charge < -0.3 is 10.2 Å². The molecule has 0 heterocycles. The van der Waals surface area contributed by atoms with E-state index in [-0.39, 0.29) is 29.0 Å². The molecule has 0 fully saturated rings. The van der Waals surface area contributed by atoms with E-state index >= 15 is 0 Å². The van der Waals surface area contributed by atoms with Gasteiger partial charge in [0, 0.05) is 34.8 Å². The number of non-ortho nitro benzene ring substituents is 1. The molecule has 13 heteroatoms. The highest BCUT2D eigenvalue weighted by Crippen LogP contribution is 2.28. The molecule has 0 aliphatic carbocycles. The predicted molar refractivity (Wildman–Crippen MR) is 140 cm³/mol. The molecule has 0 spiro atoms. The van der Waals surface area contributed by atoms with Crippen molar-refractivity contribution >= 4 is 56.4 Å². The van der Waals surface area contributed by atoms with Gasteiger partial charge in [-0.25, -0.2) is 8.42 Å². The van der Waals surface area contributed by atoms with Crippen LogP contribution in [-0.4, -0.2) is 54.9 Å². The number of nitro benzene ring substituents is 1. The summed E-state index contributed by atoms with van der Waals surface area (Å²) in [4.78, 5) is 38.2. The molecule has 10 nitrogen and oxygen atoms in total.